The maximum absolute atomic E-state index is 3.44. The molecule has 1 aliphatic heterocycles. The van der Waals surface area contributed by atoms with Crippen molar-refractivity contribution in [2.45, 2.75) is 16.0 Å². The second-order valence-electron chi connectivity index (χ2n) is 3.87. The standard InChI is InChI=1S/C13H13NS2/c1-14-12-10-5-3-2-4-9(10)8-16-13-11(12)6-7-15-13/h2-7,12,14H,8H2,1H3. The lowest BCUT2D eigenvalue weighted by Gasteiger charge is -2.17. The minimum atomic E-state index is 0.354. The number of nitrogens with one attached hydrogen (secondary N) is 1. The van der Waals surface area contributed by atoms with E-state index in [1.807, 2.05) is 30.1 Å². The second kappa shape index (κ2) is 4.24. The monoisotopic (exact) mass is 247 g/mol. The van der Waals surface area contributed by atoms with Crippen molar-refractivity contribution in [3.8, 4) is 0 Å². The smallest absolute Gasteiger partial charge is 0.0653 e. The molecule has 0 aliphatic carbocycles. The number of hydrogen-bond acceptors (Lipinski definition) is 3. The number of hydrogen-bond donors (Lipinski definition) is 1. The molecule has 2 heterocycles. The van der Waals surface area contributed by atoms with E-state index < -0.39 is 0 Å². The highest BCUT2D eigenvalue weighted by atomic mass is 32.2. The van der Waals surface area contributed by atoms with Gasteiger partial charge in [0.05, 0.1) is 10.3 Å². The maximum atomic E-state index is 3.44. The zero-order valence-electron chi connectivity index (χ0n) is 9.07. The molecule has 1 aromatic carbocycles. The van der Waals surface area contributed by atoms with Crippen LogP contribution in [0.2, 0.25) is 0 Å². The van der Waals surface area contributed by atoms with Gasteiger partial charge in [-0.3, -0.25) is 0 Å². The third-order valence-electron chi connectivity index (χ3n) is 2.98. The Balaban J connectivity index is 2.17. The van der Waals surface area contributed by atoms with Crippen molar-refractivity contribution in [2.24, 2.45) is 0 Å². The van der Waals surface area contributed by atoms with E-state index in [9.17, 15) is 0 Å². The zero-order valence-corrected chi connectivity index (χ0v) is 10.7. The predicted molar refractivity (Wildman–Crippen MR) is 71.2 cm³/mol. The molecule has 1 aliphatic rings. The van der Waals surface area contributed by atoms with E-state index in [0.29, 0.717) is 6.04 Å². The average Bonchev–Trinajstić information content (AvgIpc) is 2.72. The molecule has 3 rings (SSSR count). The summed E-state index contributed by atoms with van der Waals surface area (Å²) in [7, 11) is 2.04. The molecule has 1 N–H and O–H groups in total. The largest absolute Gasteiger partial charge is 0.309 e. The first kappa shape index (κ1) is 10.4. The van der Waals surface area contributed by atoms with Crippen LogP contribution >= 0.6 is 23.1 Å². The van der Waals surface area contributed by atoms with Gasteiger partial charge in [0, 0.05) is 5.75 Å². The molecule has 0 amide bonds. The minimum absolute atomic E-state index is 0.354. The molecule has 0 spiro atoms. The summed E-state index contributed by atoms with van der Waals surface area (Å²) in [5.41, 5.74) is 4.31. The van der Waals surface area contributed by atoms with E-state index in [-0.39, 0.29) is 0 Å². The molecule has 1 aromatic heterocycles. The summed E-state index contributed by atoms with van der Waals surface area (Å²) in [5.74, 6) is 1.09. The van der Waals surface area contributed by atoms with Gasteiger partial charge in [0.25, 0.3) is 0 Å². The van der Waals surface area contributed by atoms with Crippen LogP contribution in [0.1, 0.15) is 22.7 Å². The van der Waals surface area contributed by atoms with Crippen molar-refractivity contribution in [3.63, 3.8) is 0 Å². The molecule has 3 heteroatoms. The summed E-state index contributed by atoms with van der Waals surface area (Å²) < 4.78 is 1.45. The van der Waals surface area contributed by atoms with E-state index in [2.05, 4.69) is 41.0 Å². The Labute approximate surface area is 104 Å². The summed E-state index contributed by atoms with van der Waals surface area (Å²) >= 11 is 3.81. The van der Waals surface area contributed by atoms with Crippen molar-refractivity contribution >= 4 is 23.1 Å². The minimum Gasteiger partial charge on any atom is -0.309 e. The highest BCUT2D eigenvalue weighted by molar-refractivity contribution is 8.00. The summed E-state index contributed by atoms with van der Waals surface area (Å²) in [6.07, 6.45) is 0. The van der Waals surface area contributed by atoms with E-state index in [1.165, 1.54) is 20.9 Å². The lowest BCUT2D eigenvalue weighted by molar-refractivity contribution is 0.683. The normalized spacial score (nSPS) is 18.7. The molecule has 0 fully saturated rings. The van der Waals surface area contributed by atoms with Gasteiger partial charge in [-0.2, -0.15) is 0 Å². The van der Waals surface area contributed by atoms with Crippen molar-refractivity contribution < 1.29 is 0 Å². The number of thioether (sulfide) groups is 1. The van der Waals surface area contributed by atoms with Gasteiger partial charge >= 0.3 is 0 Å². The first-order valence-corrected chi connectivity index (χ1v) is 7.22. The van der Waals surface area contributed by atoms with Gasteiger partial charge < -0.3 is 5.32 Å². The topological polar surface area (TPSA) is 12.0 Å². The molecule has 82 valence electrons. The Bertz CT molecular complexity index is 504. The molecular formula is C13H13NS2. The van der Waals surface area contributed by atoms with Crippen molar-refractivity contribution in [1.29, 1.82) is 0 Å². The van der Waals surface area contributed by atoms with Gasteiger partial charge in [-0.05, 0) is 35.2 Å². The molecule has 0 bridgehead atoms. The van der Waals surface area contributed by atoms with Crippen LogP contribution in [0.5, 0.6) is 0 Å². The van der Waals surface area contributed by atoms with E-state index in [1.54, 1.807) is 0 Å². The number of rotatable bonds is 1. The average molecular weight is 247 g/mol. The second-order valence-corrected chi connectivity index (χ2v) is 6.03. The third kappa shape index (κ3) is 1.59. The van der Waals surface area contributed by atoms with Crippen molar-refractivity contribution in [1.82, 2.24) is 5.32 Å². The van der Waals surface area contributed by atoms with Crippen LogP contribution in [0.4, 0.5) is 0 Å². The summed E-state index contributed by atoms with van der Waals surface area (Å²) in [4.78, 5) is 0. The number of benzene rings is 1. The van der Waals surface area contributed by atoms with Gasteiger partial charge in [-0.1, -0.05) is 24.3 Å². The Hall–Kier alpha value is -0.770. The molecule has 2 aromatic rings. The van der Waals surface area contributed by atoms with Crippen LogP contribution in [0, 0.1) is 0 Å². The van der Waals surface area contributed by atoms with Crippen LogP contribution < -0.4 is 5.32 Å². The van der Waals surface area contributed by atoms with E-state index in [0.717, 1.165) is 5.75 Å². The highest BCUT2D eigenvalue weighted by Crippen LogP contribution is 2.41. The van der Waals surface area contributed by atoms with Crippen LogP contribution in [0.15, 0.2) is 39.9 Å². The molecule has 1 nitrogen and oxygen atoms in total. The fraction of sp³-hybridized carbons (Fsp3) is 0.231. The van der Waals surface area contributed by atoms with E-state index in [4.69, 9.17) is 0 Å². The van der Waals surface area contributed by atoms with Crippen LogP contribution in [0.3, 0.4) is 0 Å². The van der Waals surface area contributed by atoms with Gasteiger partial charge in [0.15, 0.2) is 0 Å². The van der Waals surface area contributed by atoms with Gasteiger partial charge in [-0.25, -0.2) is 0 Å². The van der Waals surface area contributed by atoms with Gasteiger partial charge in [-0.15, -0.1) is 23.1 Å². The van der Waals surface area contributed by atoms with Crippen LogP contribution in [0.25, 0.3) is 0 Å². The van der Waals surface area contributed by atoms with Gasteiger partial charge in [0.2, 0.25) is 0 Å². The first-order valence-electron chi connectivity index (χ1n) is 5.35. The molecule has 1 unspecified atom stereocenters. The van der Waals surface area contributed by atoms with Crippen LogP contribution in [-0.4, -0.2) is 7.05 Å². The molecule has 0 saturated carbocycles. The Morgan fingerprint density at radius 3 is 2.94 bits per heavy atom. The highest BCUT2D eigenvalue weighted by Gasteiger charge is 2.22. The van der Waals surface area contributed by atoms with Crippen molar-refractivity contribution in [2.75, 3.05) is 7.05 Å². The Kier molecular flexibility index (Phi) is 2.75. The van der Waals surface area contributed by atoms with Crippen molar-refractivity contribution in [3.05, 3.63) is 52.4 Å². The summed E-state index contributed by atoms with van der Waals surface area (Å²) in [6.45, 7) is 0. The third-order valence-corrected chi connectivity index (χ3v) is 5.30. The lowest BCUT2D eigenvalue weighted by atomic mass is 9.97. The molecule has 0 saturated heterocycles. The Morgan fingerprint density at radius 1 is 1.19 bits per heavy atom. The zero-order chi connectivity index (χ0) is 11.0. The number of fused-ring (bicyclic) bond motifs is 2. The maximum Gasteiger partial charge on any atom is 0.0653 e. The predicted octanol–water partition coefficient (Wildman–Crippen LogP) is 3.66. The number of thiophene rings is 1. The summed E-state index contributed by atoms with van der Waals surface area (Å²) in [5, 5.41) is 5.63. The Morgan fingerprint density at radius 2 is 2.06 bits per heavy atom. The summed E-state index contributed by atoms with van der Waals surface area (Å²) in [6, 6.07) is 11.3. The fourth-order valence-corrected chi connectivity index (χ4v) is 4.38. The molecule has 0 radical (unpaired) electrons. The fourth-order valence-electron chi connectivity index (χ4n) is 2.21. The van der Waals surface area contributed by atoms with Crippen LogP contribution in [-0.2, 0) is 5.75 Å². The first-order chi connectivity index (χ1) is 7.90. The lowest BCUT2D eigenvalue weighted by Crippen LogP contribution is -2.17. The molecule has 1 atom stereocenters. The van der Waals surface area contributed by atoms with E-state index >= 15 is 0 Å². The molecule has 16 heavy (non-hydrogen) atoms. The molecular weight excluding hydrogens is 234 g/mol. The SMILES string of the molecule is CNC1c2ccccc2CSc2sccc21. The quantitative estimate of drug-likeness (QED) is 0.825. The van der Waals surface area contributed by atoms with Gasteiger partial charge in [0.1, 0.15) is 0 Å².